The molecule has 0 bridgehead atoms. The average molecular weight is 295 g/mol. The summed E-state index contributed by atoms with van der Waals surface area (Å²) < 4.78 is 5.43. The number of carbonyl (C=O) groups is 1. The predicted molar refractivity (Wildman–Crippen MR) is 82.2 cm³/mol. The van der Waals surface area contributed by atoms with Crippen LogP contribution < -0.4 is 5.32 Å². The van der Waals surface area contributed by atoms with Crippen molar-refractivity contribution in [3.63, 3.8) is 0 Å². The van der Waals surface area contributed by atoms with Gasteiger partial charge in [0.2, 0.25) is 5.91 Å². The molecule has 21 heavy (non-hydrogen) atoms. The highest BCUT2D eigenvalue weighted by atomic mass is 16.5. The van der Waals surface area contributed by atoms with Crippen molar-refractivity contribution >= 4 is 5.91 Å². The molecule has 0 aromatic carbocycles. The number of carbonyl (C=O) groups excluding carboxylic acids is 1. The summed E-state index contributed by atoms with van der Waals surface area (Å²) in [6, 6.07) is 0.430. The van der Waals surface area contributed by atoms with Gasteiger partial charge < -0.3 is 15.0 Å². The van der Waals surface area contributed by atoms with Gasteiger partial charge in [0.25, 0.3) is 0 Å². The first-order valence-corrected chi connectivity index (χ1v) is 8.66. The number of rotatable bonds is 3. The Kier molecular flexibility index (Phi) is 5.49. The predicted octanol–water partition coefficient (Wildman–Crippen LogP) is 0.699. The summed E-state index contributed by atoms with van der Waals surface area (Å²) in [5, 5.41) is 3.36. The Morgan fingerprint density at radius 1 is 1.05 bits per heavy atom. The molecular formula is C16H29N3O2. The molecule has 0 saturated carbocycles. The molecule has 1 unspecified atom stereocenters. The Morgan fingerprint density at radius 3 is 2.57 bits per heavy atom. The lowest BCUT2D eigenvalue weighted by Crippen LogP contribution is -2.53. The molecule has 5 heteroatoms. The molecule has 1 atom stereocenters. The van der Waals surface area contributed by atoms with E-state index in [1.165, 1.54) is 19.3 Å². The quantitative estimate of drug-likeness (QED) is 0.832. The van der Waals surface area contributed by atoms with Crippen LogP contribution in [0, 0.1) is 5.92 Å². The highest BCUT2D eigenvalue weighted by Crippen LogP contribution is 2.23. The Hall–Kier alpha value is -0.650. The van der Waals surface area contributed by atoms with Gasteiger partial charge in [0.1, 0.15) is 0 Å². The number of nitrogens with zero attached hydrogens (tertiary/aromatic N) is 2. The fourth-order valence-corrected chi connectivity index (χ4v) is 3.87. The van der Waals surface area contributed by atoms with Crippen molar-refractivity contribution in [1.82, 2.24) is 15.1 Å². The topological polar surface area (TPSA) is 44.8 Å². The molecule has 3 rings (SSSR count). The molecule has 120 valence electrons. The lowest BCUT2D eigenvalue weighted by Gasteiger charge is -2.41. The number of ether oxygens (including phenoxy) is 1. The Labute approximate surface area is 128 Å². The molecule has 3 fully saturated rings. The second-order valence-corrected chi connectivity index (χ2v) is 6.62. The summed E-state index contributed by atoms with van der Waals surface area (Å²) >= 11 is 0. The van der Waals surface area contributed by atoms with Gasteiger partial charge in [0.05, 0.1) is 13.2 Å². The minimum Gasteiger partial charge on any atom is -0.379 e. The largest absolute Gasteiger partial charge is 0.379 e. The maximum atomic E-state index is 12.9. The van der Waals surface area contributed by atoms with E-state index < -0.39 is 0 Å². The van der Waals surface area contributed by atoms with Crippen LogP contribution in [0.1, 0.15) is 32.1 Å². The van der Waals surface area contributed by atoms with Gasteiger partial charge >= 0.3 is 0 Å². The zero-order valence-corrected chi connectivity index (χ0v) is 13.1. The van der Waals surface area contributed by atoms with Gasteiger partial charge in [0.15, 0.2) is 0 Å². The van der Waals surface area contributed by atoms with Gasteiger partial charge in [-0.3, -0.25) is 9.69 Å². The van der Waals surface area contributed by atoms with Crippen molar-refractivity contribution in [3.05, 3.63) is 0 Å². The van der Waals surface area contributed by atoms with Gasteiger partial charge in [-0.2, -0.15) is 0 Å². The molecule has 1 amide bonds. The summed E-state index contributed by atoms with van der Waals surface area (Å²) in [6.07, 6.45) is 5.65. The lowest BCUT2D eigenvalue weighted by atomic mass is 9.93. The van der Waals surface area contributed by atoms with Crippen molar-refractivity contribution in [2.45, 2.75) is 38.1 Å². The number of hydrogen-bond donors (Lipinski definition) is 1. The molecule has 3 aliphatic rings. The fourth-order valence-electron chi connectivity index (χ4n) is 3.87. The third-order valence-corrected chi connectivity index (χ3v) is 5.17. The van der Waals surface area contributed by atoms with Crippen LogP contribution in [-0.4, -0.2) is 74.2 Å². The standard InChI is InChI=1S/C16H29N3O2/c20-16(14-4-6-17-7-5-14)19-8-2-1-3-15(19)13-18-9-11-21-12-10-18/h14-15,17H,1-13H2. The first-order chi connectivity index (χ1) is 10.3. The zero-order valence-electron chi connectivity index (χ0n) is 13.1. The van der Waals surface area contributed by atoms with Gasteiger partial charge in [0, 0.05) is 38.1 Å². The normalized spacial score (nSPS) is 29.5. The van der Waals surface area contributed by atoms with Crippen LogP contribution in [0.4, 0.5) is 0 Å². The number of amides is 1. The van der Waals surface area contributed by atoms with Gasteiger partial charge in [-0.05, 0) is 45.2 Å². The summed E-state index contributed by atoms with van der Waals surface area (Å²) in [4.78, 5) is 17.6. The number of likely N-dealkylation sites (tertiary alicyclic amines) is 1. The van der Waals surface area contributed by atoms with Crippen molar-refractivity contribution in [2.75, 3.05) is 52.5 Å². The molecule has 0 aromatic heterocycles. The first kappa shape index (κ1) is 15.3. The van der Waals surface area contributed by atoms with E-state index in [9.17, 15) is 4.79 Å². The van der Waals surface area contributed by atoms with E-state index in [4.69, 9.17) is 4.74 Å². The van der Waals surface area contributed by atoms with Crippen LogP contribution in [0.15, 0.2) is 0 Å². The Balaban J connectivity index is 1.58. The molecular weight excluding hydrogens is 266 g/mol. The van der Waals surface area contributed by atoms with Crippen LogP contribution >= 0.6 is 0 Å². The molecule has 0 aliphatic carbocycles. The van der Waals surface area contributed by atoms with Gasteiger partial charge in [-0.15, -0.1) is 0 Å². The van der Waals surface area contributed by atoms with E-state index >= 15 is 0 Å². The monoisotopic (exact) mass is 295 g/mol. The van der Waals surface area contributed by atoms with Crippen molar-refractivity contribution in [2.24, 2.45) is 5.92 Å². The number of hydrogen-bond acceptors (Lipinski definition) is 4. The van der Waals surface area contributed by atoms with Crippen LogP contribution in [0.2, 0.25) is 0 Å². The van der Waals surface area contributed by atoms with Crippen molar-refractivity contribution in [3.8, 4) is 0 Å². The van der Waals surface area contributed by atoms with Crippen LogP contribution in [0.5, 0.6) is 0 Å². The molecule has 0 aromatic rings. The summed E-state index contributed by atoms with van der Waals surface area (Å²) in [7, 11) is 0. The second kappa shape index (κ2) is 7.56. The minimum absolute atomic E-state index is 0.261. The molecule has 0 radical (unpaired) electrons. The van der Waals surface area contributed by atoms with Gasteiger partial charge in [-0.25, -0.2) is 0 Å². The highest BCUT2D eigenvalue weighted by molar-refractivity contribution is 5.79. The fraction of sp³-hybridized carbons (Fsp3) is 0.938. The zero-order chi connectivity index (χ0) is 14.5. The molecule has 0 spiro atoms. The summed E-state index contributed by atoms with van der Waals surface area (Å²) in [6.45, 7) is 7.73. The SMILES string of the molecule is O=C(C1CCNCC1)N1CCCCC1CN1CCOCC1. The van der Waals surface area contributed by atoms with Crippen LogP contribution in [0.3, 0.4) is 0 Å². The summed E-state index contributed by atoms with van der Waals surface area (Å²) in [5.74, 6) is 0.686. The lowest BCUT2D eigenvalue weighted by molar-refractivity contribution is -0.140. The van der Waals surface area contributed by atoms with E-state index in [-0.39, 0.29) is 5.92 Å². The van der Waals surface area contributed by atoms with E-state index in [0.29, 0.717) is 11.9 Å². The van der Waals surface area contributed by atoms with E-state index in [2.05, 4.69) is 15.1 Å². The Morgan fingerprint density at radius 2 is 1.81 bits per heavy atom. The molecule has 5 nitrogen and oxygen atoms in total. The van der Waals surface area contributed by atoms with Crippen LogP contribution in [0.25, 0.3) is 0 Å². The van der Waals surface area contributed by atoms with Crippen molar-refractivity contribution in [1.29, 1.82) is 0 Å². The third-order valence-electron chi connectivity index (χ3n) is 5.17. The van der Waals surface area contributed by atoms with E-state index in [1.54, 1.807) is 0 Å². The molecule has 3 saturated heterocycles. The highest BCUT2D eigenvalue weighted by Gasteiger charge is 2.33. The Bertz CT molecular complexity index is 338. The minimum atomic E-state index is 0.261. The van der Waals surface area contributed by atoms with Crippen LogP contribution in [-0.2, 0) is 9.53 Å². The number of morpholine rings is 1. The smallest absolute Gasteiger partial charge is 0.226 e. The maximum Gasteiger partial charge on any atom is 0.226 e. The maximum absolute atomic E-state index is 12.9. The molecule has 3 aliphatic heterocycles. The molecule has 3 heterocycles. The average Bonchev–Trinajstić information content (AvgIpc) is 2.56. The van der Waals surface area contributed by atoms with E-state index in [0.717, 1.165) is 65.3 Å². The summed E-state index contributed by atoms with van der Waals surface area (Å²) in [5.41, 5.74) is 0. The third kappa shape index (κ3) is 3.96. The van der Waals surface area contributed by atoms with Crippen molar-refractivity contribution < 1.29 is 9.53 Å². The first-order valence-electron chi connectivity index (χ1n) is 8.66. The second-order valence-electron chi connectivity index (χ2n) is 6.62. The van der Waals surface area contributed by atoms with E-state index in [1.807, 2.05) is 0 Å². The number of piperidine rings is 2. The number of nitrogens with one attached hydrogen (secondary N) is 1. The molecule has 1 N–H and O–H groups in total. The van der Waals surface area contributed by atoms with Gasteiger partial charge in [-0.1, -0.05) is 0 Å².